The minimum absolute atomic E-state index is 0.0986. The zero-order valence-corrected chi connectivity index (χ0v) is 20.6. The molecule has 0 fully saturated rings. The van der Waals surface area contributed by atoms with Gasteiger partial charge in [-0.3, -0.25) is 9.59 Å². The van der Waals surface area contributed by atoms with Crippen LogP contribution >= 0.6 is 0 Å². The van der Waals surface area contributed by atoms with Crippen molar-refractivity contribution in [2.24, 2.45) is 0 Å². The van der Waals surface area contributed by atoms with Crippen molar-refractivity contribution >= 4 is 23.6 Å². The standard InChI is InChI=1S/C26H35N3O5/c1-18-9-13-21(14-10-18)33-22-15-11-20(12-16-22)29-23(30)8-6-7-17-27-24(31)19(2)28-25(32)34-26(3,4)5/h9-16,19H,6-8,17H2,1-5H3,(H,27,31)(H,28,32)(H,29,30). The van der Waals surface area contributed by atoms with E-state index in [9.17, 15) is 14.4 Å². The lowest BCUT2D eigenvalue weighted by Gasteiger charge is -2.21. The summed E-state index contributed by atoms with van der Waals surface area (Å²) in [7, 11) is 0. The Morgan fingerprint density at radius 2 is 1.50 bits per heavy atom. The Bertz CT molecular complexity index is 950. The first-order valence-electron chi connectivity index (χ1n) is 11.4. The summed E-state index contributed by atoms with van der Waals surface area (Å²) in [5.74, 6) is 1.04. The maximum atomic E-state index is 12.2. The van der Waals surface area contributed by atoms with Crippen LogP contribution in [0.1, 0.15) is 52.5 Å². The Morgan fingerprint density at radius 3 is 2.09 bits per heavy atom. The van der Waals surface area contributed by atoms with Gasteiger partial charge in [0.05, 0.1) is 0 Å². The van der Waals surface area contributed by atoms with Gasteiger partial charge in [0.1, 0.15) is 23.1 Å². The molecule has 3 N–H and O–H groups in total. The number of rotatable bonds is 10. The van der Waals surface area contributed by atoms with Crippen LogP contribution in [-0.2, 0) is 14.3 Å². The van der Waals surface area contributed by atoms with Gasteiger partial charge in [0.25, 0.3) is 0 Å². The molecule has 184 valence electrons. The smallest absolute Gasteiger partial charge is 0.408 e. The molecule has 0 heterocycles. The molecule has 34 heavy (non-hydrogen) atoms. The molecule has 3 amide bonds. The van der Waals surface area contributed by atoms with Gasteiger partial charge in [-0.2, -0.15) is 0 Å². The topological polar surface area (TPSA) is 106 Å². The Balaban J connectivity index is 1.62. The molecule has 0 saturated heterocycles. The van der Waals surface area contributed by atoms with E-state index in [1.807, 2.05) is 31.2 Å². The number of unbranched alkanes of at least 4 members (excludes halogenated alkanes) is 1. The van der Waals surface area contributed by atoms with Gasteiger partial charge in [0.2, 0.25) is 11.8 Å². The molecule has 0 bridgehead atoms. The first-order chi connectivity index (χ1) is 16.0. The molecular weight excluding hydrogens is 434 g/mol. The number of aryl methyl sites for hydroxylation is 1. The molecule has 0 spiro atoms. The third-order valence-corrected chi connectivity index (χ3v) is 4.65. The monoisotopic (exact) mass is 469 g/mol. The number of anilines is 1. The second-order valence-corrected chi connectivity index (χ2v) is 9.10. The average molecular weight is 470 g/mol. The number of alkyl carbamates (subject to hydrolysis) is 1. The Hall–Kier alpha value is -3.55. The van der Waals surface area contributed by atoms with Gasteiger partial charge in [-0.25, -0.2) is 4.79 Å². The highest BCUT2D eigenvalue weighted by Crippen LogP contribution is 2.23. The second kappa shape index (κ2) is 12.6. The quantitative estimate of drug-likeness (QED) is 0.428. The normalized spacial score (nSPS) is 11.8. The zero-order chi connectivity index (χ0) is 25.1. The lowest BCUT2D eigenvalue weighted by Crippen LogP contribution is -2.46. The molecule has 2 aromatic carbocycles. The van der Waals surface area contributed by atoms with Crippen molar-refractivity contribution in [2.45, 2.75) is 65.5 Å². The van der Waals surface area contributed by atoms with E-state index in [0.29, 0.717) is 37.2 Å². The first kappa shape index (κ1) is 26.7. The maximum absolute atomic E-state index is 12.2. The van der Waals surface area contributed by atoms with Gasteiger partial charge in [0.15, 0.2) is 0 Å². The van der Waals surface area contributed by atoms with Crippen LogP contribution in [-0.4, -0.2) is 36.1 Å². The second-order valence-electron chi connectivity index (χ2n) is 9.10. The molecule has 1 atom stereocenters. The highest BCUT2D eigenvalue weighted by atomic mass is 16.6. The zero-order valence-electron chi connectivity index (χ0n) is 20.6. The van der Waals surface area contributed by atoms with E-state index in [4.69, 9.17) is 9.47 Å². The van der Waals surface area contributed by atoms with E-state index in [1.165, 1.54) is 0 Å². The fourth-order valence-corrected chi connectivity index (χ4v) is 2.90. The van der Waals surface area contributed by atoms with E-state index < -0.39 is 17.7 Å². The van der Waals surface area contributed by atoms with E-state index in [-0.39, 0.29) is 11.8 Å². The molecule has 0 aliphatic rings. The Kier molecular flexibility index (Phi) is 9.92. The number of hydrogen-bond donors (Lipinski definition) is 3. The molecule has 2 aromatic rings. The van der Waals surface area contributed by atoms with Crippen LogP contribution in [0.4, 0.5) is 10.5 Å². The Labute approximate surface area is 201 Å². The molecule has 0 saturated carbocycles. The van der Waals surface area contributed by atoms with Gasteiger partial charge in [-0.05, 0) is 83.9 Å². The summed E-state index contributed by atoms with van der Waals surface area (Å²) < 4.78 is 10.9. The minimum atomic E-state index is -0.712. The van der Waals surface area contributed by atoms with Crippen molar-refractivity contribution in [3.8, 4) is 11.5 Å². The fraction of sp³-hybridized carbons (Fsp3) is 0.423. The molecular formula is C26H35N3O5. The number of carbonyl (C=O) groups excluding carboxylic acids is 3. The fourth-order valence-electron chi connectivity index (χ4n) is 2.90. The molecule has 0 radical (unpaired) electrons. The van der Waals surface area contributed by atoms with Crippen LogP contribution in [0.15, 0.2) is 48.5 Å². The van der Waals surface area contributed by atoms with Crippen molar-refractivity contribution < 1.29 is 23.9 Å². The molecule has 0 aliphatic heterocycles. The summed E-state index contributed by atoms with van der Waals surface area (Å²) in [6, 6.07) is 14.3. The van der Waals surface area contributed by atoms with E-state index in [2.05, 4.69) is 16.0 Å². The summed E-state index contributed by atoms with van der Waals surface area (Å²) in [4.78, 5) is 36.0. The first-order valence-corrected chi connectivity index (χ1v) is 11.4. The highest BCUT2D eigenvalue weighted by molar-refractivity contribution is 5.90. The van der Waals surface area contributed by atoms with Crippen molar-refractivity contribution in [3.63, 3.8) is 0 Å². The van der Waals surface area contributed by atoms with Crippen LogP contribution in [0, 0.1) is 6.92 Å². The van der Waals surface area contributed by atoms with Gasteiger partial charge < -0.3 is 25.4 Å². The van der Waals surface area contributed by atoms with Crippen LogP contribution < -0.4 is 20.7 Å². The molecule has 0 aliphatic carbocycles. The SMILES string of the molecule is Cc1ccc(Oc2ccc(NC(=O)CCCCNC(=O)C(C)NC(=O)OC(C)(C)C)cc2)cc1. The van der Waals surface area contributed by atoms with E-state index >= 15 is 0 Å². The minimum Gasteiger partial charge on any atom is -0.457 e. The summed E-state index contributed by atoms with van der Waals surface area (Å²) in [5, 5.41) is 8.10. The summed E-state index contributed by atoms with van der Waals surface area (Å²) in [5.41, 5.74) is 1.23. The van der Waals surface area contributed by atoms with Crippen LogP contribution in [0.3, 0.4) is 0 Å². The molecule has 2 rings (SSSR count). The number of nitrogens with one attached hydrogen (secondary N) is 3. The number of amides is 3. The lowest BCUT2D eigenvalue weighted by molar-refractivity contribution is -0.122. The molecule has 0 aromatic heterocycles. The number of benzene rings is 2. The third kappa shape index (κ3) is 10.4. The van der Waals surface area contributed by atoms with Crippen LogP contribution in [0.5, 0.6) is 11.5 Å². The average Bonchev–Trinajstić information content (AvgIpc) is 2.75. The summed E-state index contributed by atoms with van der Waals surface area (Å²) >= 11 is 0. The number of ether oxygens (including phenoxy) is 2. The van der Waals surface area contributed by atoms with Gasteiger partial charge >= 0.3 is 6.09 Å². The van der Waals surface area contributed by atoms with Crippen molar-refractivity contribution in [1.29, 1.82) is 0 Å². The van der Waals surface area contributed by atoms with E-state index in [0.717, 1.165) is 11.3 Å². The maximum Gasteiger partial charge on any atom is 0.408 e. The predicted octanol–water partition coefficient (Wildman–Crippen LogP) is 4.93. The van der Waals surface area contributed by atoms with Crippen molar-refractivity contribution in [1.82, 2.24) is 10.6 Å². The largest absolute Gasteiger partial charge is 0.457 e. The predicted molar refractivity (Wildman–Crippen MR) is 132 cm³/mol. The molecule has 1 unspecified atom stereocenters. The molecule has 8 nitrogen and oxygen atoms in total. The lowest BCUT2D eigenvalue weighted by atomic mass is 10.2. The van der Waals surface area contributed by atoms with Gasteiger partial charge in [-0.1, -0.05) is 17.7 Å². The van der Waals surface area contributed by atoms with Crippen molar-refractivity contribution in [3.05, 3.63) is 54.1 Å². The number of carbonyl (C=O) groups is 3. The number of hydrogen-bond acceptors (Lipinski definition) is 5. The Morgan fingerprint density at radius 1 is 0.912 bits per heavy atom. The molecule has 8 heteroatoms. The van der Waals surface area contributed by atoms with Crippen LogP contribution in [0.25, 0.3) is 0 Å². The summed E-state index contributed by atoms with van der Waals surface area (Å²) in [6.07, 6.45) is 0.959. The van der Waals surface area contributed by atoms with Crippen molar-refractivity contribution in [2.75, 3.05) is 11.9 Å². The van der Waals surface area contributed by atoms with Gasteiger partial charge in [-0.15, -0.1) is 0 Å². The van der Waals surface area contributed by atoms with E-state index in [1.54, 1.807) is 52.0 Å². The van der Waals surface area contributed by atoms with Gasteiger partial charge in [0, 0.05) is 18.7 Å². The van der Waals surface area contributed by atoms with Crippen LogP contribution in [0.2, 0.25) is 0 Å². The summed E-state index contributed by atoms with van der Waals surface area (Å²) in [6.45, 7) is 9.28. The highest BCUT2D eigenvalue weighted by Gasteiger charge is 2.20. The third-order valence-electron chi connectivity index (χ3n) is 4.65.